The van der Waals surface area contributed by atoms with Crippen LogP contribution in [0.1, 0.15) is 43.1 Å². The highest BCUT2D eigenvalue weighted by Gasteiger charge is 2.22. The van der Waals surface area contributed by atoms with Crippen LogP contribution in [0.5, 0.6) is 11.5 Å². The first kappa shape index (κ1) is 22.7. The largest absolute Gasteiger partial charge is 0.493 e. The monoisotopic (exact) mass is 423 g/mol. The molecule has 0 fully saturated rings. The van der Waals surface area contributed by atoms with Gasteiger partial charge < -0.3 is 13.8 Å². The van der Waals surface area contributed by atoms with E-state index in [1.54, 1.807) is 29.2 Å². The summed E-state index contributed by atoms with van der Waals surface area (Å²) in [6.45, 7) is 5.54. The number of benzene rings is 2. The van der Waals surface area contributed by atoms with Gasteiger partial charge in [0.1, 0.15) is 5.82 Å². The highest BCUT2D eigenvalue weighted by atomic mass is 32.2. The van der Waals surface area contributed by atoms with Crippen LogP contribution in [-0.4, -0.2) is 38.1 Å². The van der Waals surface area contributed by atoms with Crippen LogP contribution in [0.2, 0.25) is 0 Å². The summed E-state index contributed by atoms with van der Waals surface area (Å²) in [4.78, 5) is 14.6. The summed E-state index contributed by atoms with van der Waals surface area (Å²) < 4.78 is 47.6. The van der Waals surface area contributed by atoms with E-state index >= 15 is 0 Å². The van der Waals surface area contributed by atoms with Crippen molar-refractivity contribution in [2.24, 2.45) is 0 Å². The molecule has 0 N–H and O–H groups in total. The van der Waals surface area contributed by atoms with Gasteiger partial charge >= 0.3 is 10.1 Å². The Kier molecular flexibility index (Phi) is 7.61. The van der Waals surface area contributed by atoms with Crippen molar-refractivity contribution in [3.05, 3.63) is 59.4 Å². The van der Waals surface area contributed by atoms with Crippen LogP contribution < -0.4 is 8.92 Å². The van der Waals surface area contributed by atoms with Gasteiger partial charge in [-0.05, 0) is 56.2 Å². The summed E-state index contributed by atoms with van der Waals surface area (Å²) in [6, 6.07) is 10.3. The molecule has 0 aliphatic carbocycles. The molecular formula is C21H26FNO5S. The van der Waals surface area contributed by atoms with Crippen molar-refractivity contribution in [3.63, 3.8) is 0 Å². The topological polar surface area (TPSA) is 72.9 Å². The molecule has 2 rings (SSSR count). The van der Waals surface area contributed by atoms with Crippen molar-refractivity contribution in [3.8, 4) is 11.5 Å². The number of rotatable bonds is 9. The number of halogens is 1. The van der Waals surface area contributed by atoms with Gasteiger partial charge in [-0.1, -0.05) is 19.1 Å². The van der Waals surface area contributed by atoms with Gasteiger partial charge in [0.2, 0.25) is 0 Å². The first-order valence-corrected chi connectivity index (χ1v) is 10.9. The molecule has 29 heavy (non-hydrogen) atoms. The van der Waals surface area contributed by atoms with Gasteiger partial charge in [-0.25, -0.2) is 4.39 Å². The summed E-state index contributed by atoms with van der Waals surface area (Å²) in [7, 11) is -2.32. The Morgan fingerprint density at radius 1 is 1.14 bits per heavy atom. The summed E-state index contributed by atoms with van der Waals surface area (Å²) >= 11 is 0. The Morgan fingerprint density at radius 2 is 1.86 bits per heavy atom. The van der Waals surface area contributed by atoms with E-state index in [0.29, 0.717) is 12.0 Å². The molecule has 0 bridgehead atoms. The van der Waals surface area contributed by atoms with E-state index in [1.165, 1.54) is 32.2 Å². The molecule has 0 aliphatic heterocycles. The number of carbonyl (C=O) groups excluding carboxylic acids is 1. The van der Waals surface area contributed by atoms with E-state index in [1.807, 2.05) is 13.8 Å². The Bertz CT molecular complexity index is 961. The number of carbonyl (C=O) groups is 1. The molecule has 0 heterocycles. The molecule has 1 amide bonds. The number of nitrogens with zero attached hydrogens (tertiary/aromatic N) is 1. The van der Waals surface area contributed by atoms with E-state index in [4.69, 9.17) is 8.92 Å². The summed E-state index contributed by atoms with van der Waals surface area (Å²) in [5.41, 5.74) is 0.918. The minimum absolute atomic E-state index is 0.0640. The fourth-order valence-electron chi connectivity index (χ4n) is 2.71. The maximum atomic E-state index is 13.6. The van der Waals surface area contributed by atoms with Gasteiger partial charge in [0, 0.05) is 18.2 Å². The lowest BCUT2D eigenvalue weighted by Crippen LogP contribution is -2.37. The molecule has 0 saturated carbocycles. The Balaban J connectivity index is 2.37. The van der Waals surface area contributed by atoms with Crippen molar-refractivity contribution in [1.29, 1.82) is 0 Å². The predicted molar refractivity (Wildman–Crippen MR) is 109 cm³/mol. The van der Waals surface area contributed by atoms with Gasteiger partial charge in [-0.15, -0.1) is 0 Å². The number of ether oxygens (including phenoxy) is 1. The fourth-order valence-corrected chi connectivity index (χ4v) is 3.23. The Morgan fingerprint density at radius 3 is 2.45 bits per heavy atom. The van der Waals surface area contributed by atoms with Gasteiger partial charge in [0.15, 0.2) is 11.5 Å². The Labute approximate surface area is 171 Å². The smallest absolute Gasteiger partial charge is 0.309 e. The van der Waals surface area contributed by atoms with E-state index in [-0.39, 0.29) is 41.3 Å². The lowest BCUT2D eigenvalue weighted by atomic mass is 10.1. The van der Waals surface area contributed by atoms with Crippen LogP contribution in [0.25, 0.3) is 0 Å². The second kappa shape index (κ2) is 9.73. The van der Waals surface area contributed by atoms with Crippen molar-refractivity contribution < 1.29 is 26.5 Å². The second-order valence-corrected chi connectivity index (χ2v) is 8.47. The lowest BCUT2D eigenvalue weighted by Gasteiger charge is -2.29. The quantitative estimate of drug-likeness (QED) is 0.570. The molecule has 0 saturated heterocycles. The molecule has 2 aromatic carbocycles. The van der Waals surface area contributed by atoms with E-state index in [0.717, 1.165) is 0 Å². The van der Waals surface area contributed by atoms with Crippen molar-refractivity contribution in [2.45, 2.75) is 39.8 Å². The minimum Gasteiger partial charge on any atom is -0.493 e. The normalized spacial score (nSPS) is 12.3. The van der Waals surface area contributed by atoms with Crippen molar-refractivity contribution in [1.82, 2.24) is 4.90 Å². The summed E-state index contributed by atoms with van der Waals surface area (Å²) in [6.07, 6.45) is 0.699. The zero-order valence-corrected chi connectivity index (χ0v) is 17.8. The lowest BCUT2D eigenvalue weighted by molar-refractivity contribution is 0.0671. The van der Waals surface area contributed by atoms with Crippen molar-refractivity contribution >= 4 is 16.0 Å². The summed E-state index contributed by atoms with van der Waals surface area (Å²) in [5, 5.41) is 0. The SMILES string of the molecule is CCC(C)N(Cc1ccc(OC)c(OS(=O)(=O)CC)c1)C(=O)c1cccc(F)c1. The molecule has 0 aromatic heterocycles. The average Bonchev–Trinajstić information content (AvgIpc) is 2.71. The molecule has 8 heteroatoms. The van der Waals surface area contributed by atoms with Gasteiger partial charge in [-0.2, -0.15) is 8.42 Å². The molecule has 0 spiro atoms. The molecule has 1 unspecified atom stereocenters. The van der Waals surface area contributed by atoms with Crippen LogP contribution in [0, 0.1) is 5.82 Å². The zero-order valence-electron chi connectivity index (χ0n) is 17.0. The molecule has 2 aromatic rings. The van der Waals surface area contributed by atoms with E-state index in [9.17, 15) is 17.6 Å². The highest BCUT2D eigenvalue weighted by Crippen LogP contribution is 2.30. The van der Waals surface area contributed by atoms with E-state index < -0.39 is 15.9 Å². The van der Waals surface area contributed by atoms with Gasteiger partial charge in [0.25, 0.3) is 5.91 Å². The number of hydrogen-bond acceptors (Lipinski definition) is 5. The van der Waals surface area contributed by atoms with Crippen molar-refractivity contribution in [2.75, 3.05) is 12.9 Å². The third kappa shape index (κ3) is 5.93. The maximum Gasteiger partial charge on any atom is 0.309 e. The first-order chi connectivity index (χ1) is 13.7. The standard InChI is InChI=1S/C21H26FNO5S/c1-5-15(3)23(21(24)17-8-7-9-18(22)13-17)14-16-10-11-19(27-4)20(12-16)28-29(25,26)6-2/h7-13,15H,5-6,14H2,1-4H3. The molecular weight excluding hydrogens is 397 g/mol. The number of amides is 1. The number of methoxy groups -OCH3 is 1. The first-order valence-electron chi connectivity index (χ1n) is 9.36. The molecule has 6 nitrogen and oxygen atoms in total. The van der Waals surface area contributed by atoms with Crippen LogP contribution in [-0.2, 0) is 16.7 Å². The van der Waals surface area contributed by atoms with E-state index in [2.05, 4.69) is 0 Å². The third-order valence-electron chi connectivity index (χ3n) is 4.61. The second-order valence-electron chi connectivity index (χ2n) is 6.62. The summed E-state index contributed by atoms with van der Waals surface area (Å²) in [5.74, 6) is -0.632. The molecule has 1 atom stereocenters. The number of hydrogen-bond donors (Lipinski definition) is 0. The molecule has 158 valence electrons. The van der Waals surface area contributed by atoms with Crippen LogP contribution in [0.3, 0.4) is 0 Å². The van der Waals surface area contributed by atoms with Crippen LogP contribution >= 0.6 is 0 Å². The third-order valence-corrected chi connectivity index (χ3v) is 5.75. The van der Waals surface area contributed by atoms with Gasteiger partial charge in [0.05, 0.1) is 12.9 Å². The van der Waals surface area contributed by atoms with Gasteiger partial charge in [-0.3, -0.25) is 4.79 Å². The molecule has 0 radical (unpaired) electrons. The Hall–Kier alpha value is -2.61. The average molecular weight is 424 g/mol. The minimum atomic E-state index is -3.74. The predicted octanol–water partition coefficient (Wildman–Crippen LogP) is 4.00. The maximum absolute atomic E-state index is 13.6. The highest BCUT2D eigenvalue weighted by molar-refractivity contribution is 7.87. The molecule has 0 aliphatic rings. The fraction of sp³-hybridized carbons (Fsp3) is 0.381. The van der Waals surface area contributed by atoms with Crippen LogP contribution in [0.4, 0.5) is 4.39 Å². The zero-order chi connectivity index (χ0) is 21.6. The van der Waals surface area contributed by atoms with Crippen LogP contribution in [0.15, 0.2) is 42.5 Å².